The zero-order valence-electron chi connectivity index (χ0n) is 12.8. The molecule has 0 rings (SSSR count). The van der Waals surface area contributed by atoms with Crippen molar-refractivity contribution in [1.82, 2.24) is 5.32 Å². The molecule has 0 spiro atoms. The van der Waals surface area contributed by atoms with Crippen molar-refractivity contribution in [3.63, 3.8) is 0 Å². The van der Waals surface area contributed by atoms with Crippen LogP contribution >= 0.6 is 0 Å². The van der Waals surface area contributed by atoms with Crippen LogP contribution in [0.5, 0.6) is 0 Å². The molecule has 1 N–H and O–H groups in total. The summed E-state index contributed by atoms with van der Waals surface area (Å²) in [5.41, 5.74) is 0.606. The molecule has 1 atom stereocenters. The third kappa shape index (κ3) is 9.34. The van der Waals surface area contributed by atoms with Crippen molar-refractivity contribution in [3.05, 3.63) is 0 Å². The van der Waals surface area contributed by atoms with Crippen LogP contribution in [0.2, 0.25) is 0 Å². The van der Waals surface area contributed by atoms with Crippen molar-refractivity contribution in [2.24, 2.45) is 10.8 Å². The van der Waals surface area contributed by atoms with E-state index in [0.29, 0.717) is 17.9 Å². The molecule has 0 aliphatic carbocycles. The number of ketones is 1. The molecular weight excluding hydrogens is 210 g/mol. The van der Waals surface area contributed by atoms with Crippen molar-refractivity contribution in [2.75, 3.05) is 6.54 Å². The average molecular weight is 241 g/mol. The van der Waals surface area contributed by atoms with Crippen molar-refractivity contribution in [1.29, 1.82) is 0 Å². The standard InChI is InChI=1S/C15H31NO/c1-12(17)9-8-10-16-13(15(5,6)7)11-14(2,3)4/h13,16H,8-11H2,1-7H3. The highest BCUT2D eigenvalue weighted by molar-refractivity contribution is 5.75. The SMILES string of the molecule is CC(=O)CCCNC(CC(C)(C)C)C(C)(C)C. The zero-order valence-corrected chi connectivity index (χ0v) is 12.8. The maximum Gasteiger partial charge on any atom is 0.129 e. The highest BCUT2D eigenvalue weighted by Crippen LogP contribution is 2.30. The molecular formula is C15H31NO. The lowest BCUT2D eigenvalue weighted by atomic mass is 9.77. The summed E-state index contributed by atoms with van der Waals surface area (Å²) in [5, 5.41) is 3.62. The second-order valence-corrected chi connectivity index (χ2v) is 7.44. The van der Waals surface area contributed by atoms with E-state index in [9.17, 15) is 4.79 Å². The molecule has 0 saturated carbocycles. The van der Waals surface area contributed by atoms with E-state index in [-0.39, 0.29) is 11.2 Å². The van der Waals surface area contributed by atoms with Crippen molar-refractivity contribution in [3.8, 4) is 0 Å². The Hall–Kier alpha value is -0.370. The topological polar surface area (TPSA) is 29.1 Å². The van der Waals surface area contributed by atoms with E-state index in [1.807, 2.05) is 0 Å². The van der Waals surface area contributed by atoms with Crippen molar-refractivity contribution >= 4 is 5.78 Å². The van der Waals surface area contributed by atoms with Gasteiger partial charge in [-0.05, 0) is 37.1 Å². The van der Waals surface area contributed by atoms with Gasteiger partial charge in [0.1, 0.15) is 5.78 Å². The first kappa shape index (κ1) is 16.6. The molecule has 0 fully saturated rings. The number of hydrogen-bond donors (Lipinski definition) is 1. The molecule has 0 saturated heterocycles. The highest BCUT2D eigenvalue weighted by Gasteiger charge is 2.28. The Balaban J connectivity index is 4.18. The molecule has 0 heterocycles. The van der Waals surface area contributed by atoms with E-state index in [1.165, 1.54) is 0 Å². The minimum Gasteiger partial charge on any atom is -0.313 e. The summed E-state index contributed by atoms with van der Waals surface area (Å²) in [6, 6.07) is 0.509. The molecule has 0 aromatic heterocycles. The van der Waals surface area contributed by atoms with Gasteiger partial charge in [0, 0.05) is 12.5 Å². The normalized spacial score (nSPS) is 14.8. The Bertz CT molecular complexity index is 232. The van der Waals surface area contributed by atoms with E-state index >= 15 is 0 Å². The maximum absolute atomic E-state index is 10.9. The monoisotopic (exact) mass is 241 g/mol. The van der Waals surface area contributed by atoms with Crippen molar-refractivity contribution < 1.29 is 4.79 Å². The summed E-state index contributed by atoms with van der Waals surface area (Å²) < 4.78 is 0. The Kier molecular flexibility index (Phi) is 6.39. The summed E-state index contributed by atoms with van der Waals surface area (Å²) in [6.07, 6.45) is 2.81. The third-order valence-electron chi connectivity index (χ3n) is 2.96. The van der Waals surface area contributed by atoms with Gasteiger partial charge in [0.15, 0.2) is 0 Å². The Morgan fingerprint density at radius 1 is 1.12 bits per heavy atom. The smallest absolute Gasteiger partial charge is 0.129 e. The largest absolute Gasteiger partial charge is 0.313 e. The van der Waals surface area contributed by atoms with Crippen LogP contribution in [0.25, 0.3) is 0 Å². The summed E-state index contributed by atoms with van der Waals surface area (Å²) in [7, 11) is 0. The minimum absolute atomic E-state index is 0.267. The highest BCUT2D eigenvalue weighted by atomic mass is 16.1. The first-order chi connectivity index (χ1) is 7.52. The van der Waals surface area contributed by atoms with Crippen LogP contribution in [-0.2, 0) is 4.79 Å². The average Bonchev–Trinajstić information content (AvgIpc) is 2.06. The van der Waals surface area contributed by atoms with Crippen LogP contribution in [0, 0.1) is 10.8 Å². The van der Waals surface area contributed by atoms with E-state index < -0.39 is 0 Å². The minimum atomic E-state index is 0.267. The lowest BCUT2D eigenvalue weighted by Crippen LogP contribution is -2.43. The quantitative estimate of drug-likeness (QED) is 0.717. The predicted molar refractivity (Wildman–Crippen MR) is 75.2 cm³/mol. The van der Waals surface area contributed by atoms with Gasteiger partial charge in [-0.2, -0.15) is 0 Å². The van der Waals surface area contributed by atoms with Crippen LogP contribution in [0.4, 0.5) is 0 Å². The number of Topliss-reactive ketones (excluding diaryl/α,β-unsaturated/α-hetero) is 1. The Labute approximate surface area is 108 Å². The number of hydrogen-bond acceptors (Lipinski definition) is 2. The predicted octanol–water partition coefficient (Wildman–Crippen LogP) is 3.80. The molecule has 0 amide bonds. The second kappa shape index (κ2) is 6.53. The molecule has 17 heavy (non-hydrogen) atoms. The Morgan fingerprint density at radius 3 is 2.00 bits per heavy atom. The summed E-state index contributed by atoms with van der Waals surface area (Å²) in [4.78, 5) is 10.9. The number of rotatable bonds is 6. The fourth-order valence-electron chi connectivity index (χ4n) is 1.91. The van der Waals surface area contributed by atoms with Gasteiger partial charge in [0.2, 0.25) is 0 Å². The van der Waals surface area contributed by atoms with Gasteiger partial charge in [-0.3, -0.25) is 0 Å². The zero-order chi connectivity index (χ0) is 13.7. The van der Waals surface area contributed by atoms with Crippen molar-refractivity contribution in [2.45, 2.75) is 73.8 Å². The van der Waals surface area contributed by atoms with E-state index in [1.54, 1.807) is 6.92 Å². The number of carbonyl (C=O) groups is 1. The first-order valence-corrected chi connectivity index (χ1v) is 6.75. The Morgan fingerprint density at radius 2 is 1.65 bits per heavy atom. The van der Waals surface area contributed by atoms with Gasteiger partial charge in [-0.1, -0.05) is 41.5 Å². The molecule has 2 heteroatoms. The van der Waals surface area contributed by atoms with Crippen LogP contribution in [0.15, 0.2) is 0 Å². The van der Waals surface area contributed by atoms with Gasteiger partial charge < -0.3 is 10.1 Å². The molecule has 0 radical (unpaired) electrons. The van der Waals surface area contributed by atoms with E-state index in [2.05, 4.69) is 46.9 Å². The molecule has 0 aromatic carbocycles. The summed E-state index contributed by atoms with van der Waals surface area (Å²) >= 11 is 0. The third-order valence-corrected chi connectivity index (χ3v) is 2.96. The maximum atomic E-state index is 10.9. The molecule has 0 bridgehead atoms. The van der Waals surface area contributed by atoms with E-state index in [4.69, 9.17) is 0 Å². The van der Waals surface area contributed by atoms with Crippen LogP contribution < -0.4 is 5.32 Å². The summed E-state index contributed by atoms with van der Waals surface area (Å²) in [5.74, 6) is 0.287. The number of carbonyl (C=O) groups excluding carboxylic acids is 1. The fourth-order valence-corrected chi connectivity index (χ4v) is 1.91. The molecule has 0 aliphatic rings. The van der Waals surface area contributed by atoms with Gasteiger partial charge >= 0.3 is 0 Å². The second-order valence-electron chi connectivity index (χ2n) is 7.44. The number of nitrogens with one attached hydrogen (secondary N) is 1. The van der Waals surface area contributed by atoms with Crippen LogP contribution in [0.1, 0.15) is 67.7 Å². The lowest BCUT2D eigenvalue weighted by molar-refractivity contribution is -0.117. The van der Waals surface area contributed by atoms with Gasteiger partial charge in [0.25, 0.3) is 0 Å². The van der Waals surface area contributed by atoms with Gasteiger partial charge in [-0.25, -0.2) is 0 Å². The molecule has 0 aromatic rings. The van der Waals surface area contributed by atoms with Crippen LogP contribution in [-0.4, -0.2) is 18.4 Å². The molecule has 2 nitrogen and oxygen atoms in total. The van der Waals surface area contributed by atoms with E-state index in [0.717, 1.165) is 19.4 Å². The molecule has 0 aliphatic heterocycles. The first-order valence-electron chi connectivity index (χ1n) is 6.75. The summed E-state index contributed by atoms with van der Waals surface area (Å²) in [6.45, 7) is 16.3. The lowest BCUT2D eigenvalue weighted by Gasteiger charge is -2.36. The molecule has 102 valence electrons. The fraction of sp³-hybridized carbons (Fsp3) is 0.933. The van der Waals surface area contributed by atoms with Gasteiger partial charge in [-0.15, -0.1) is 0 Å². The molecule has 1 unspecified atom stereocenters. The van der Waals surface area contributed by atoms with Gasteiger partial charge in [0.05, 0.1) is 0 Å². The van der Waals surface area contributed by atoms with Crippen LogP contribution in [0.3, 0.4) is 0 Å².